The van der Waals surface area contributed by atoms with Gasteiger partial charge in [0.2, 0.25) is 0 Å². The molecule has 0 aromatic heterocycles. The lowest BCUT2D eigenvalue weighted by atomic mass is 9.91. The van der Waals surface area contributed by atoms with Gasteiger partial charge in [-0.3, -0.25) is 4.90 Å². The Labute approximate surface area is 109 Å². The van der Waals surface area contributed by atoms with Gasteiger partial charge in [-0.15, -0.1) is 0 Å². The molecule has 0 radical (unpaired) electrons. The molecule has 0 bridgehead atoms. The fraction of sp³-hybridized carbons (Fsp3) is 0.571. The first-order valence-electron chi connectivity index (χ1n) is 6.31. The number of hydrogen-bond acceptors (Lipinski definition) is 2. The summed E-state index contributed by atoms with van der Waals surface area (Å²) in [5.74, 6) is 1.55. The summed E-state index contributed by atoms with van der Waals surface area (Å²) < 4.78 is 0. The molecule has 2 N–H and O–H groups in total. The summed E-state index contributed by atoms with van der Waals surface area (Å²) >= 11 is 6.02. The Bertz CT molecular complexity index is 382. The van der Waals surface area contributed by atoms with Crippen molar-refractivity contribution in [1.29, 1.82) is 0 Å². The highest BCUT2D eigenvalue weighted by Crippen LogP contribution is 2.25. The monoisotopic (exact) mass is 252 g/mol. The molecular formula is C14H21ClN2. The van der Waals surface area contributed by atoms with Gasteiger partial charge in [-0.05, 0) is 42.0 Å². The van der Waals surface area contributed by atoms with Crippen molar-refractivity contribution in [2.24, 2.45) is 11.8 Å². The van der Waals surface area contributed by atoms with Crippen LogP contribution in [-0.2, 0) is 6.54 Å². The van der Waals surface area contributed by atoms with Gasteiger partial charge < -0.3 is 5.73 Å². The van der Waals surface area contributed by atoms with E-state index in [0.29, 0.717) is 0 Å². The summed E-state index contributed by atoms with van der Waals surface area (Å²) in [6.07, 6.45) is 1.33. The Morgan fingerprint density at radius 1 is 1.29 bits per heavy atom. The quantitative estimate of drug-likeness (QED) is 0.818. The lowest BCUT2D eigenvalue weighted by molar-refractivity contribution is 0.134. The van der Waals surface area contributed by atoms with E-state index in [0.717, 1.165) is 47.7 Å². The minimum absolute atomic E-state index is 0.771. The highest BCUT2D eigenvalue weighted by molar-refractivity contribution is 6.30. The van der Waals surface area contributed by atoms with Gasteiger partial charge in [0.1, 0.15) is 0 Å². The van der Waals surface area contributed by atoms with E-state index >= 15 is 0 Å². The molecule has 2 rings (SSSR count). The number of hydrogen-bond donors (Lipinski definition) is 1. The zero-order valence-corrected chi connectivity index (χ0v) is 11.4. The standard InChI is InChI=1S/C14H21ClN2/c1-10-5-11(2)8-17(7-10)9-12-6-13(15)3-4-14(12)16/h3-4,6,10-11H,5,7-9,16H2,1-2H3. The van der Waals surface area contributed by atoms with Gasteiger partial charge in [-0.25, -0.2) is 0 Å². The normalized spacial score (nSPS) is 26.1. The summed E-state index contributed by atoms with van der Waals surface area (Å²) in [5.41, 5.74) is 7.99. The van der Waals surface area contributed by atoms with Gasteiger partial charge in [0.05, 0.1) is 0 Å². The van der Waals surface area contributed by atoms with E-state index in [1.54, 1.807) is 0 Å². The molecule has 0 spiro atoms. The zero-order chi connectivity index (χ0) is 12.4. The molecule has 1 aliphatic rings. The first-order valence-corrected chi connectivity index (χ1v) is 6.68. The van der Waals surface area contributed by atoms with Crippen molar-refractivity contribution in [3.63, 3.8) is 0 Å². The van der Waals surface area contributed by atoms with Crippen LogP contribution in [0.15, 0.2) is 18.2 Å². The second kappa shape index (κ2) is 5.28. The molecule has 1 aromatic carbocycles. The zero-order valence-electron chi connectivity index (χ0n) is 10.6. The van der Waals surface area contributed by atoms with Crippen LogP contribution in [0.5, 0.6) is 0 Å². The topological polar surface area (TPSA) is 29.3 Å². The molecule has 2 atom stereocenters. The second-order valence-corrected chi connectivity index (χ2v) is 5.92. The van der Waals surface area contributed by atoms with Crippen molar-refractivity contribution in [3.05, 3.63) is 28.8 Å². The van der Waals surface area contributed by atoms with Gasteiger partial charge in [0.25, 0.3) is 0 Å². The Kier molecular flexibility index (Phi) is 3.95. The molecular weight excluding hydrogens is 232 g/mol. The van der Waals surface area contributed by atoms with Crippen LogP contribution in [0.2, 0.25) is 5.02 Å². The van der Waals surface area contributed by atoms with E-state index in [9.17, 15) is 0 Å². The van der Waals surface area contributed by atoms with Crippen LogP contribution in [0.3, 0.4) is 0 Å². The number of benzene rings is 1. The number of nitrogens with two attached hydrogens (primary N) is 1. The molecule has 3 heteroatoms. The molecule has 1 saturated heterocycles. The average molecular weight is 253 g/mol. The molecule has 2 nitrogen and oxygen atoms in total. The van der Waals surface area contributed by atoms with Crippen LogP contribution < -0.4 is 5.73 Å². The number of anilines is 1. The Balaban J connectivity index is 2.07. The van der Waals surface area contributed by atoms with Crippen LogP contribution in [0.4, 0.5) is 5.69 Å². The van der Waals surface area contributed by atoms with E-state index in [4.69, 9.17) is 17.3 Å². The molecule has 1 aromatic rings. The van der Waals surface area contributed by atoms with E-state index in [1.165, 1.54) is 6.42 Å². The van der Waals surface area contributed by atoms with Crippen LogP contribution >= 0.6 is 11.6 Å². The number of halogens is 1. The highest BCUT2D eigenvalue weighted by atomic mass is 35.5. The van der Waals surface area contributed by atoms with Gasteiger partial charge in [0.15, 0.2) is 0 Å². The Hall–Kier alpha value is -0.730. The van der Waals surface area contributed by atoms with Gasteiger partial charge >= 0.3 is 0 Å². The van der Waals surface area contributed by atoms with Gasteiger partial charge in [0, 0.05) is 30.3 Å². The molecule has 0 amide bonds. The summed E-state index contributed by atoms with van der Waals surface area (Å²) in [6.45, 7) is 7.89. The average Bonchev–Trinajstić information content (AvgIpc) is 2.22. The van der Waals surface area contributed by atoms with E-state index in [1.807, 2.05) is 18.2 Å². The molecule has 17 heavy (non-hydrogen) atoms. The molecule has 1 heterocycles. The predicted octanol–water partition coefficient (Wildman–Crippen LogP) is 3.40. The number of likely N-dealkylation sites (tertiary alicyclic amines) is 1. The largest absolute Gasteiger partial charge is 0.398 e. The fourth-order valence-corrected chi connectivity index (χ4v) is 3.07. The van der Waals surface area contributed by atoms with Crippen molar-refractivity contribution in [2.75, 3.05) is 18.8 Å². The van der Waals surface area contributed by atoms with E-state index in [2.05, 4.69) is 18.7 Å². The van der Waals surface area contributed by atoms with Crippen LogP contribution in [0.25, 0.3) is 0 Å². The second-order valence-electron chi connectivity index (χ2n) is 5.48. The minimum atomic E-state index is 0.771. The van der Waals surface area contributed by atoms with E-state index in [-0.39, 0.29) is 0 Å². The highest BCUT2D eigenvalue weighted by Gasteiger charge is 2.22. The third-order valence-electron chi connectivity index (χ3n) is 3.44. The lowest BCUT2D eigenvalue weighted by Gasteiger charge is -2.35. The predicted molar refractivity (Wildman–Crippen MR) is 74.1 cm³/mol. The van der Waals surface area contributed by atoms with Crippen molar-refractivity contribution >= 4 is 17.3 Å². The maximum absolute atomic E-state index is 6.02. The van der Waals surface area contributed by atoms with Crippen molar-refractivity contribution in [1.82, 2.24) is 4.90 Å². The molecule has 1 fully saturated rings. The number of piperidine rings is 1. The molecule has 94 valence electrons. The lowest BCUT2D eigenvalue weighted by Crippen LogP contribution is -2.38. The van der Waals surface area contributed by atoms with Crippen molar-refractivity contribution in [3.8, 4) is 0 Å². The molecule has 2 unspecified atom stereocenters. The summed E-state index contributed by atoms with van der Waals surface area (Å²) in [6, 6.07) is 5.73. The van der Waals surface area contributed by atoms with Crippen molar-refractivity contribution in [2.45, 2.75) is 26.8 Å². The first-order chi connectivity index (χ1) is 8.04. The smallest absolute Gasteiger partial charge is 0.0410 e. The third kappa shape index (κ3) is 3.36. The molecule has 0 saturated carbocycles. The number of rotatable bonds is 2. The summed E-state index contributed by atoms with van der Waals surface area (Å²) in [7, 11) is 0. The minimum Gasteiger partial charge on any atom is -0.398 e. The Morgan fingerprint density at radius 2 is 1.94 bits per heavy atom. The summed E-state index contributed by atoms with van der Waals surface area (Å²) in [5, 5.41) is 0.771. The first kappa shape index (κ1) is 12.7. The van der Waals surface area contributed by atoms with Gasteiger partial charge in [-0.1, -0.05) is 25.4 Å². The maximum Gasteiger partial charge on any atom is 0.0410 e. The van der Waals surface area contributed by atoms with E-state index < -0.39 is 0 Å². The number of nitrogens with zero attached hydrogens (tertiary/aromatic N) is 1. The van der Waals surface area contributed by atoms with Crippen LogP contribution in [-0.4, -0.2) is 18.0 Å². The molecule has 1 aliphatic heterocycles. The SMILES string of the molecule is CC1CC(C)CN(Cc2cc(Cl)ccc2N)C1. The third-order valence-corrected chi connectivity index (χ3v) is 3.68. The molecule has 0 aliphatic carbocycles. The van der Waals surface area contributed by atoms with Crippen molar-refractivity contribution < 1.29 is 0 Å². The number of nitrogen functional groups attached to an aromatic ring is 1. The fourth-order valence-electron chi connectivity index (χ4n) is 2.87. The summed E-state index contributed by atoms with van der Waals surface area (Å²) in [4.78, 5) is 2.49. The maximum atomic E-state index is 6.02. The van der Waals surface area contributed by atoms with Crippen LogP contribution in [0, 0.1) is 11.8 Å². The van der Waals surface area contributed by atoms with Gasteiger partial charge in [-0.2, -0.15) is 0 Å². The Morgan fingerprint density at radius 3 is 2.59 bits per heavy atom. The van der Waals surface area contributed by atoms with Crippen LogP contribution in [0.1, 0.15) is 25.8 Å².